The molecule has 6 heteroatoms. The number of hydrogen-bond donors (Lipinski definition) is 1. The number of nitrogens with one attached hydrogen (secondary N) is 1. The zero-order valence-electron chi connectivity index (χ0n) is 18.0. The van der Waals surface area contributed by atoms with Crippen molar-refractivity contribution in [1.29, 1.82) is 5.26 Å². The molecular formula is C27H23N3O3. The standard InChI is InChI=1S/C27H23N3O3/c28-17-18-8-10-21(11-9-18)33-22-5-3-4-20(16-22)27(32)30-14-12-19(13-15-30)25-23-6-1-2-7-24(23)29-26(25)31/h1-11,16,19,25H,12-15H2,(H,29,31). The second-order valence-electron chi connectivity index (χ2n) is 8.45. The van der Waals surface area contributed by atoms with E-state index in [9.17, 15) is 9.59 Å². The summed E-state index contributed by atoms with van der Waals surface area (Å²) in [5.74, 6) is 1.30. The lowest BCUT2D eigenvalue weighted by Gasteiger charge is -2.34. The van der Waals surface area contributed by atoms with Crippen molar-refractivity contribution in [2.75, 3.05) is 18.4 Å². The van der Waals surface area contributed by atoms with Crippen molar-refractivity contribution >= 4 is 17.5 Å². The summed E-state index contributed by atoms with van der Waals surface area (Å²) >= 11 is 0. The number of amides is 2. The minimum atomic E-state index is -0.136. The van der Waals surface area contributed by atoms with E-state index in [0.29, 0.717) is 35.7 Å². The van der Waals surface area contributed by atoms with Crippen LogP contribution in [0, 0.1) is 17.2 Å². The number of nitrogens with zero attached hydrogens (tertiary/aromatic N) is 2. The maximum Gasteiger partial charge on any atom is 0.253 e. The van der Waals surface area contributed by atoms with Gasteiger partial charge in [-0.2, -0.15) is 5.26 Å². The van der Waals surface area contributed by atoms with Crippen LogP contribution >= 0.6 is 0 Å². The van der Waals surface area contributed by atoms with E-state index in [1.165, 1.54) is 0 Å². The van der Waals surface area contributed by atoms with Gasteiger partial charge >= 0.3 is 0 Å². The van der Waals surface area contributed by atoms with Gasteiger partial charge in [0, 0.05) is 24.3 Å². The molecule has 6 nitrogen and oxygen atoms in total. The fourth-order valence-electron chi connectivity index (χ4n) is 4.75. The molecule has 0 radical (unpaired) electrons. The van der Waals surface area contributed by atoms with Gasteiger partial charge in [0.25, 0.3) is 5.91 Å². The molecule has 3 aromatic rings. The van der Waals surface area contributed by atoms with Crippen LogP contribution < -0.4 is 10.1 Å². The molecule has 0 bridgehead atoms. The maximum atomic E-state index is 13.1. The molecule has 0 aliphatic carbocycles. The van der Waals surface area contributed by atoms with Gasteiger partial charge in [0.15, 0.2) is 0 Å². The van der Waals surface area contributed by atoms with Gasteiger partial charge in [0.2, 0.25) is 5.91 Å². The van der Waals surface area contributed by atoms with Crippen molar-refractivity contribution < 1.29 is 14.3 Å². The van der Waals surface area contributed by atoms with Gasteiger partial charge in [-0.05, 0) is 72.9 Å². The molecule has 0 saturated carbocycles. The largest absolute Gasteiger partial charge is 0.457 e. The number of fused-ring (bicyclic) bond motifs is 1. The summed E-state index contributed by atoms with van der Waals surface area (Å²) in [6.45, 7) is 1.24. The number of anilines is 1. The molecule has 0 aromatic heterocycles. The average molecular weight is 437 g/mol. The zero-order chi connectivity index (χ0) is 22.8. The van der Waals surface area contributed by atoms with Crippen LogP contribution in [0.25, 0.3) is 0 Å². The first-order chi connectivity index (χ1) is 16.1. The fourth-order valence-corrected chi connectivity index (χ4v) is 4.75. The molecule has 33 heavy (non-hydrogen) atoms. The zero-order valence-corrected chi connectivity index (χ0v) is 18.0. The summed E-state index contributed by atoms with van der Waals surface area (Å²) in [4.78, 5) is 27.6. The van der Waals surface area contributed by atoms with Crippen molar-refractivity contribution in [3.05, 3.63) is 89.5 Å². The normalized spacial score (nSPS) is 17.7. The van der Waals surface area contributed by atoms with Crippen molar-refractivity contribution in [2.45, 2.75) is 18.8 Å². The minimum absolute atomic E-state index is 0.0324. The van der Waals surface area contributed by atoms with Gasteiger partial charge in [0.05, 0.1) is 17.6 Å². The third kappa shape index (κ3) is 4.18. The van der Waals surface area contributed by atoms with Crippen LogP contribution in [-0.2, 0) is 4.79 Å². The number of likely N-dealkylation sites (tertiary alicyclic amines) is 1. The Kier molecular flexibility index (Phi) is 5.54. The van der Waals surface area contributed by atoms with Gasteiger partial charge in [-0.3, -0.25) is 9.59 Å². The molecule has 2 amide bonds. The SMILES string of the molecule is N#Cc1ccc(Oc2cccc(C(=O)N3CCC(C4C(=O)Nc5ccccc54)CC3)c2)cc1. The minimum Gasteiger partial charge on any atom is -0.457 e. The predicted molar refractivity (Wildman–Crippen MR) is 124 cm³/mol. The van der Waals surface area contributed by atoms with Gasteiger partial charge in [-0.25, -0.2) is 0 Å². The Labute approximate surface area is 192 Å². The van der Waals surface area contributed by atoms with Crippen LogP contribution in [0.2, 0.25) is 0 Å². The van der Waals surface area contributed by atoms with E-state index in [-0.39, 0.29) is 23.7 Å². The fraction of sp³-hybridized carbons (Fsp3) is 0.222. The summed E-state index contributed by atoms with van der Waals surface area (Å²) in [5, 5.41) is 11.9. The first kappa shape index (κ1) is 20.8. The van der Waals surface area contributed by atoms with Crippen molar-refractivity contribution in [3.63, 3.8) is 0 Å². The van der Waals surface area contributed by atoms with Crippen LogP contribution in [0.5, 0.6) is 11.5 Å². The lowest BCUT2D eigenvalue weighted by Crippen LogP contribution is -2.40. The lowest BCUT2D eigenvalue weighted by molar-refractivity contribution is -0.118. The number of para-hydroxylation sites is 1. The molecule has 1 fully saturated rings. The number of nitriles is 1. The van der Waals surface area contributed by atoms with E-state index in [2.05, 4.69) is 11.4 Å². The molecule has 2 aliphatic heterocycles. The molecule has 1 atom stereocenters. The Morgan fingerprint density at radius 3 is 2.48 bits per heavy atom. The number of piperidine rings is 1. The second kappa shape index (κ2) is 8.79. The topological polar surface area (TPSA) is 82.4 Å². The summed E-state index contributed by atoms with van der Waals surface area (Å²) in [7, 11) is 0. The van der Waals surface area contributed by atoms with Gasteiger partial charge in [-0.15, -0.1) is 0 Å². The van der Waals surface area contributed by atoms with Gasteiger partial charge < -0.3 is 15.0 Å². The molecular weight excluding hydrogens is 414 g/mol. The van der Waals surface area contributed by atoms with Crippen molar-refractivity contribution in [2.24, 2.45) is 5.92 Å². The highest BCUT2D eigenvalue weighted by Crippen LogP contribution is 2.41. The van der Waals surface area contributed by atoms with E-state index in [0.717, 1.165) is 24.1 Å². The van der Waals surface area contributed by atoms with E-state index in [1.54, 1.807) is 48.5 Å². The summed E-state index contributed by atoms with van der Waals surface area (Å²) in [6, 6.07) is 23.9. The number of rotatable bonds is 4. The number of hydrogen-bond acceptors (Lipinski definition) is 4. The summed E-state index contributed by atoms with van der Waals surface area (Å²) in [5.41, 5.74) is 3.11. The first-order valence-corrected chi connectivity index (χ1v) is 11.1. The van der Waals surface area contributed by atoms with Gasteiger partial charge in [-0.1, -0.05) is 24.3 Å². The summed E-state index contributed by atoms with van der Waals surface area (Å²) < 4.78 is 5.86. The highest BCUT2D eigenvalue weighted by molar-refractivity contribution is 6.03. The highest BCUT2D eigenvalue weighted by atomic mass is 16.5. The van der Waals surface area contributed by atoms with E-state index < -0.39 is 0 Å². The molecule has 1 saturated heterocycles. The number of ether oxygens (including phenoxy) is 1. The molecule has 1 unspecified atom stereocenters. The predicted octanol–water partition coefficient (Wildman–Crippen LogP) is 4.94. The van der Waals surface area contributed by atoms with Crippen LogP contribution in [0.3, 0.4) is 0 Å². The van der Waals surface area contributed by atoms with E-state index in [4.69, 9.17) is 10.00 Å². The quantitative estimate of drug-likeness (QED) is 0.627. The Morgan fingerprint density at radius 2 is 1.73 bits per heavy atom. The Morgan fingerprint density at radius 1 is 0.970 bits per heavy atom. The number of benzene rings is 3. The Bertz CT molecular complexity index is 1240. The van der Waals surface area contributed by atoms with Crippen LogP contribution in [0.15, 0.2) is 72.8 Å². The van der Waals surface area contributed by atoms with Crippen LogP contribution in [0.4, 0.5) is 5.69 Å². The first-order valence-electron chi connectivity index (χ1n) is 11.1. The van der Waals surface area contributed by atoms with Gasteiger partial charge in [0.1, 0.15) is 11.5 Å². The molecule has 3 aromatic carbocycles. The van der Waals surface area contributed by atoms with Crippen molar-refractivity contribution in [1.82, 2.24) is 4.90 Å². The van der Waals surface area contributed by atoms with E-state index in [1.807, 2.05) is 29.2 Å². The maximum absolute atomic E-state index is 13.1. The molecule has 5 rings (SSSR count). The Hall–Kier alpha value is -4.11. The van der Waals surface area contributed by atoms with Crippen molar-refractivity contribution in [3.8, 4) is 17.6 Å². The molecule has 164 valence electrons. The lowest BCUT2D eigenvalue weighted by atomic mass is 9.80. The molecule has 0 spiro atoms. The monoisotopic (exact) mass is 437 g/mol. The van der Waals surface area contributed by atoms with E-state index >= 15 is 0 Å². The average Bonchev–Trinajstić information content (AvgIpc) is 3.20. The molecule has 1 N–H and O–H groups in total. The third-order valence-corrected chi connectivity index (χ3v) is 6.43. The number of carbonyl (C=O) groups is 2. The highest BCUT2D eigenvalue weighted by Gasteiger charge is 2.38. The number of carbonyl (C=O) groups excluding carboxylic acids is 2. The third-order valence-electron chi connectivity index (χ3n) is 6.43. The second-order valence-corrected chi connectivity index (χ2v) is 8.45. The van der Waals surface area contributed by atoms with Crippen LogP contribution in [-0.4, -0.2) is 29.8 Å². The smallest absolute Gasteiger partial charge is 0.253 e. The molecule has 2 aliphatic rings. The molecule has 2 heterocycles. The van der Waals surface area contributed by atoms with Crippen LogP contribution in [0.1, 0.15) is 40.2 Å². The summed E-state index contributed by atoms with van der Waals surface area (Å²) in [6.07, 6.45) is 1.58. The Balaban J connectivity index is 1.24.